The first kappa shape index (κ1) is 26.6. The van der Waals surface area contributed by atoms with Gasteiger partial charge in [0.15, 0.2) is 6.10 Å². The lowest BCUT2D eigenvalue weighted by molar-refractivity contribution is -0.153. The van der Waals surface area contributed by atoms with Crippen LogP contribution in [0.5, 0.6) is 0 Å². The molecule has 0 radical (unpaired) electrons. The summed E-state index contributed by atoms with van der Waals surface area (Å²) < 4.78 is 5.05. The molecule has 8 nitrogen and oxygen atoms in total. The zero-order valence-corrected chi connectivity index (χ0v) is 20.6. The van der Waals surface area contributed by atoms with Gasteiger partial charge in [-0.3, -0.25) is 19.2 Å². The largest absolute Gasteiger partial charge is 0.451 e. The topological polar surface area (TPSA) is 114 Å². The molecule has 0 saturated heterocycles. The number of para-hydroxylation sites is 1. The molecule has 0 aromatic heterocycles. The number of esters is 1. The van der Waals surface area contributed by atoms with Gasteiger partial charge in [0.05, 0.1) is 6.54 Å². The van der Waals surface area contributed by atoms with Crippen LogP contribution in [0.25, 0.3) is 0 Å². The van der Waals surface area contributed by atoms with Crippen molar-refractivity contribution in [3.63, 3.8) is 0 Å². The predicted molar refractivity (Wildman–Crippen MR) is 131 cm³/mol. The first-order valence-electron chi connectivity index (χ1n) is 11.1. The Morgan fingerprint density at radius 3 is 2.03 bits per heavy atom. The normalized spacial score (nSPS) is 11.8. The van der Waals surface area contributed by atoms with Crippen molar-refractivity contribution in [1.29, 1.82) is 0 Å². The van der Waals surface area contributed by atoms with Crippen molar-refractivity contribution in [1.82, 2.24) is 10.6 Å². The second kappa shape index (κ2) is 11.4. The maximum atomic E-state index is 12.3. The Morgan fingerprint density at radius 2 is 1.47 bits per heavy atom. The van der Waals surface area contributed by atoms with Crippen molar-refractivity contribution in [2.45, 2.75) is 53.1 Å². The molecule has 3 amide bonds. The zero-order chi connectivity index (χ0) is 25.5. The number of benzene rings is 2. The van der Waals surface area contributed by atoms with Crippen LogP contribution >= 0.6 is 0 Å². The molecule has 8 heteroatoms. The third kappa shape index (κ3) is 7.72. The van der Waals surface area contributed by atoms with Gasteiger partial charge in [0.2, 0.25) is 5.91 Å². The number of aryl methyl sites for hydroxylation is 2. The van der Waals surface area contributed by atoms with Crippen LogP contribution in [-0.4, -0.2) is 42.9 Å². The fourth-order valence-electron chi connectivity index (χ4n) is 3.17. The first-order valence-corrected chi connectivity index (χ1v) is 11.1. The van der Waals surface area contributed by atoms with Gasteiger partial charge in [-0.25, -0.2) is 0 Å². The van der Waals surface area contributed by atoms with E-state index in [1.54, 1.807) is 12.1 Å². The summed E-state index contributed by atoms with van der Waals surface area (Å²) in [6.07, 6.45) is -1.12. The summed E-state index contributed by atoms with van der Waals surface area (Å²) >= 11 is 0. The van der Waals surface area contributed by atoms with Crippen LogP contribution in [0, 0.1) is 13.8 Å². The van der Waals surface area contributed by atoms with Gasteiger partial charge in [-0.05, 0) is 55.0 Å². The predicted octanol–water partition coefficient (Wildman–Crippen LogP) is 3.02. The lowest BCUT2D eigenvalue weighted by atomic mass is 9.87. The minimum atomic E-state index is -1.12. The monoisotopic (exact) mass is 467 g/mol. The highest BCUT2D eigenvalue weighted by Crippen LogP contribution is 2.22. The van der Waals surface area contributed by atoms with Gasteiger partial charge in [-0.15, -0.1) is 0 Å². The number of amides is 3. The number of carbonyl (C=O) groups is 4. The fraction of sp³-hybridized carbons (Fsp3) is 0.385. The molecule has 0 heterocycles. The standard InChI is InChI=1S/C26H33N3O5/c1-16-8-7-9-17(2)23(16)29-21(30)14-27-24(32)18(3)34-22(31)15-28-25(33)19-10-12-20(13-11-19)26(4,5)6/h7-13,18H,14-15H2,1-6H3,(H,27,32)(H,28,33)(H,29,30). The van der Waals surface area contributed by atoms with E-state index in [2.05, 4.69) is 36.7 Å². The van der Waals surface area contributed by atoms with Gasteiger partial charge < -0.3 is 20.7 Å². The summed E-state index contributed by atoms with van der Waals surface area (Å²) in [5.74, 6) is -2.19. The molecule has 0 saturated carbocycles. The molecule has 0 aliphatic carbocycles. The summed E-state index contributed by atoms with van der Waals surface area (Å²) in [7, 11) is 0. The van der Waals surface area contributed by atoms with Crippen LogP contribution in [0.15, 0.2) is 42.5 Å². The minimum absolute atomic E-state index is 0.0321. The average Bonchev–Trinajstić information content (AvgIpc) is 2.77. The van der Waals surface area contributed by atoms with Crippen LogP contribution in [0.2, 0.25) is 0 Å². The van der Waals surface area contributed by atoms with Crippen molar-refractivity contribution >= 4 is 29.4 Å². The molecule has 3 N–H and O–H groups in total. The summed E-state index contributed by atoms with van der Waals surface area (Å²) in [6.45, 7) is 10.7. The molecule has 2 aromatic rings. The molecule has 2 rings (SSSR count). The number of ether oxygens (including phenoxy) is 1. The highest BCUT2D eigenvalue weighted by atomic mass is 16.5. The first-order chi connectivity index (χ1) is 15.9. The average molecular weight is 468 g/mol. The number of carbonyl (C=O) groups excluding carboxylic acids is 4. The maximum absolute atomic E-state index is 12.3. The molecule has 34 heavy (non-hydrogen) atoms. The Hall–Kier alpha value is -3.68. The van der Waals surface area contributed by atoms with Crippen molar-refractivity contribution in [3.05, 3.63) is 64.7 Å². The van der Waals surface area contributed by atoms with Crippen LogP contribution in [0.1, 0.15) is 54.7 Å². The number of anilines is 1. The Bertz CT molecular complexity index is 1030. The quantitative estimate of drug-likeness (QED) is 0.517. The molecular weight excluding hydrogens is 434 g/mol. The van der Waals surface area contributed by atoms with E-state index >= 15 is 0 Å². The van der Waals surface area contributed by atoms with E-state index in [9.17, 15) is 19.2 Å². The molecule has 0 aliphatic heterocycles. The van der Waals surface area contributed by atoms with E-state index in [4.69, 9.17) is 4.74 Å². The second-order valence-electron chi connectivity index (χ2n) is 9.17. The van der Waals surface area contributed by atoms with Crippen molar-refractivity contribution in [2.75, 3.05) is 18.4 Å². The van der Waals surface area contributed by atoms with Crippen LogP contribution in [-0.2, 0) is 24.5 Å². The molecule has 0 aliphatic rings. The lowest BCUT2D eigenvalue weighted by Crippen LogP contribution is -2.41. The van der Waals surface area contributed by atoms with E-state index < -0.39 is 29.8 Å². The highest BCUT2D eigenvalue weighted by Gasteiger charge is 2.20. The van der Waals surface area contributed by atoms with Gasteiger partial charge in [0.25, 0.3) is 11.8 Å². The Balaban J connectivity index is 1.76. The smallest absolute Gasteiger partial charge is 0.326 e. The zero-order valence-electron chi connectivity index (χ0n) is 20.6. The summed E-state index contributed by atoms with van der Waals surface area (Å²) in [5, 5.41) is 7.68. The van der Waals surface area contributed by atoms with Crippen molar-refractivity contribution in [3.8, 4) is 0 Å². The van der Waals surface area contributed by atoms with Gasteiger partial charge in [-0.2, -0.15) is 0 Å². The van der Waals surface area contributed by atoms with E-state index in [1.165, 1.54) is 6.92 Å². The van der Waals surface area contributed by atoms with Crippen LogP contribution < -0.4 is 16.0 Å². The van der Waals surface area contributed by atoms with E-state index in [0.717, 1.165) is 16.7 Å². The fourth-order valence-corrected chi connectivity index (χ4v) is 3.17. The summed E-state index contributed by atoms with van der Waals surface area (Å²) in [6, 6.07) is 12.8. The Labute approximate surface area is 200 Å². The van der Waals surface area contributed by atoms with E-state index in [0.29, 0.717) is 11.3 Å². The highest BCUT2D eigenvalue weighted by molar-refractivity contribution is 5.97. The number of hydrogen-bond donors (Lipinski definition) is 3. The number of rotatable bonds is 8. The van der Waals surface area contributed by atoms with E-state index in [1.807, 2.05) is 44.2 Å². The number of hydrogen-bond acceptors (Lipinski definition) is 5. The molecule has 0 spiro atoms. The second-order valence-corrected chi connectivity index (χ2v) is 9.17. The molecular formula is C26H33N3O5. The Kier molecular flexibility index (Phi) is 8.95. The summed E-state index contributed by atoms with van der Waals surface area (Å²) in [4.78, 5) is 48.7. The minimum Gasteiger partial charge on any atom is -0.451 e. The van der Waals surface area contributed by atoms with Crippen LogP contribution in [0.4, 0.5) is 5.69 Å². The molecule has 0 fully saturated rings. The molecule has 1 unspecified atom stereocenters. The molecule has 0 bridgehead atoms. The number of nitrogens with one attached hydrogen (secondary N) is 3. The van der Waals surface area contributed by atoms with Crippen molar-refractivity contribution in [2.24, 2.45) is 0 Å². The Morgan fingerprint density at radius 1 is 0.882 bits per heavy atom. The third-order valence-electron chi connectivity index (χ3n) is 5.25. The van der Waals surface area contributed by atoms with E-state index in [-0.39, 0.29) is 18.5 Å². The van der Waals surface area contributed by atoms with Gasteiger partial charge >= 0.3 is 5.97 Å². The van der Waals surface area contributed by atoms with Crippen LogP contribution in [0.3, 0.4) is 0 Å². The molecule has 182 valence electrons. The van der Waals surface area contributed by atoms with Crippen molar-refractivity contribution < 1.29 is 23.9 Å². The molecule has 1 atom stereocenters. The summed E-state index contributed by atoms with van der Waals surface area (Å²) in [5.41, 5.74) is 4.00. The van der Waals surface area contributed by atoms with Gasteiger partial charge in [-0.1, -0.05) is 51.1 Å². The lowest BCUT2D eigenvalue weighted by Gasteiger charge is -2.19. The van der Waals surface area contributed by atoms with Gasteiger partial charge in [0, 0.05) is 11.3 Å². The molecule has 2 aromatic carbocycles. The SMILES string of the molecule is Cc1cccc(C)c1NC(=O)CNC(=O)C(C)OC(=O)CNC(=O)c1ccc(C(C)(C)C)cc1. The maximum Gasteiger partial charge on any atom is 0.326 e. The third-order valence-corrected chi connectivity index (χ3v) is 5.25. The van der Waals surface area contributed by atoms with Gasteiger partial charge in [0.1, 0.15) is 6.54 Å².